The van der Waals surface area contributed by atoms with Crippen LogP contribution in [0, 0.1) is 6.92 Å². The van der Waals surface area contributed by atoms with Crippen molar-refractivity contribution in [3.05, 3.63) is 47.7 Å². The summed E-state index contributed by atoms with van der Waals surface area (Å²) < 4.78 is 2.08. The van der Waals surface area contributed by atoms with Gasteiger partial charge in [0.25, 0.3) is 5.82 Å². The quantitative estimate of drug-likeness (QED) is 0.428. The van der Waals surface area contributed by atoms with E-state index in [-0.39, 0.29) is 11.5 Å². The molecule has 6 nitrogen and oxygen atoms in total. The Morgan fingerprint density at radius 3 is 2.62 bits per heavy atom. The number of aromatic hydroxyl groups is 2. The lowest BCUT2D eigenvalue weighted by Gasteiger charge is -2.08. The zero-order valence-electron chi connectivity index (χ0n) is 15.0. The zero-order chi connectivity index (χ0) is 18.4. The molecule has 6 heteroatoms. The highest BCUT2D eigenvalue weighted by atomic mass is 16.3. The van der Waals surface area contributed by atoms with Crippen LogP contribution in [0.3, 0.4) is 0 Å². The minimum absolute atomic E-state index is 0.00575. The number of hydrogen-bond donors (Lipinski definition) is 4. The van der Waals surface area contributed by atoms with E-state index in [1.807, 2.05) is 39.1 Å². The third kappa shape index (κ3) is 2.34. The number of phenols is 2. The van der Waals surface area contributed by atoms with Gasteiger partial charge < -0.3 is 10.2 Å². The highest BCUT2D eigenvalue weighted by Gasteiger charge is 2.26. The van der Waals surface area contributed by atoms with Crippen LogP contribution in [0.4, 0.5) is 0 Å². The maximum Gasteiger partial charge on any atom is 0.291 e. The second kappa shape index (κ2) is 5.91. The molecule has 0 aliphatic carbocycles. The van der Waals surface area contributed by atoms with E-state index >= 15 is 0 Å². The average molecular weight is 349 g/mol. The number of imidazole rings is 1. The lowest BCUT2D eigenvalue weighted by Crippen LogP contribution is -2.29. The molecular weight excluding hydrogens is 328 g/mol. The van der Waals surface area contributed by atoms with Crippen LogP contribution in [0.25, 0.3) is 33.7 Å². The molecule has 2 aromatic carbocycles. The van der Waals surface area contributed by atoms with Crippen molar-refractivity contribution < 1.29 is 14.8 Å². The second-order valence-corrected chi connectivity index (χ2v) is 6.47. The minimum atomic E-state index is 0.00575. The van der Waals surface area contributed by atoms with Crippen molar-refractivity contribution in [2.24, 2.45) is 7.05 Å². The summed E-state index contributed by atoms with van der Waals surface area (Å²) >= 11 is 0. The van der Waals surface area contributed by atoms with Crippen molar-refractivity contribution in [1.29, 1.82) is 0 Å². The molecule has 0 aliphatic heterocycles. The lowest BCUT2D eigenvalue weighted by atomic mass is 10.0. The van der Waals surface area contributed by atoms with Crippen molar-refractivity contribution in [2.75, 3.05) is 0 Å². The molecule has 4 N–H and O–H groups in total. The molecule has 4 rings (SSSR count). The number of benzene rings is 2. The van der Waals surface area contributed by atoms with Gasteiger partial charge in [-0.25, -0.2) is 9.55 Å². The molecule has 0 saturated carbocycles. The van der Waals surface area contributed by atoms with Gasteiger partial charge in [-0.15, -0.1) is 0 Å². The fraction of sp³-hybridized carbons (Fsp3) is 0.200. The number of aromatic amines is 2. The molecule has 0 radical (unpaired) electrons. The van der Waals surface area contributed by atoms with E-state index in [0.29, 0.717) is 17.7 Å². The molecule has 0 unspecified atom stereocenters. The van der Waals surface area contributed by atoms with Crippen LogP contribution >= 0.6 is 0 Å². The van der Waals surface area contributed by atoms with E-state index in [9.17, 15) is 10.2 Å². The molecule has 4 aromatic rings. The number of aryl methyl sites for hydroxylation is 3. The Morgan fingerprint density at radius 1 is 1.12 bits per heavy atom. The first-order valence-electron chi connectivity index (χ1n) is 8.58. The van der Waals surface area contributed by atoms with Gasteiger partial charge in [-0.2, -0.15) is 5.10 Å². The number of nitrogens with zero attached hydrogens (tertiary/aromatic N) is 2. The van der Waals surface area contributed by atoms with Gasteiger partial charge in [0, 0.05) is 17.3 Å². The summed E-state index contributed by atoms with van der Waals surface area (Å²) in [5, 5.41) is 27.9. The first kappa shape index (κ1) is 16.2. The second-order valence-electron chi connectivity index (χ2n) is 6.47. The monoisotopic (exact) mass is 349 g/mol. The van der Waals surface area contributed by atoms with Crippen molar-refractivity contribution >= 4 is 11.0 Å². The van der Waals surface area contributed by atoms with E-state index in [4.69, 9.17) is 0 Å². The molecule has 2 aromatic heterocycles. The Labute approximate surface area is 150 Å². The van der Waals surface area contributed by atoms with Gasteiger partial charge in [0.2, 0.25) is 0 Å². The predicted molar refractivity (Wildman–Crippen MR) is 99.9 cm³/mol. The summed E-state index contributed by atoms with van der Waals surface area (Å²) in [4.78, 5) is 3.45. The number of fused-ring (bicyclic) bond motifs is 1. The average Bonchev–Trinajstić information content (AvgIpc) is 3.15. The van der Waals surface area contributed by atoms with E-state index in [2.05, 4.69) is 25.8 Å². The summed E-state index contributed by atoms with van der Waals surface area (Å²) in [6, 6.07) is 11.3. The molecule has 0 saturated heterocycles. The molecule has 0 aliphatic rings. The molecule has 0 amide bonds. The van der Waals surface area contributed by atoms with E-state index in [1.165, 1.54) is 6.07 Å². The first-order chi connectivity index (χ1) is 12.5. The molecule has 26 heavy (non-hydrogen) atoms. The Hall–Kier alpha value is -3.28. The standard InChI is InChI=1S/C20H20N4O2/c1-4-12-9-13(17(26)10-16(12)25)19-18(11(2)22-23-19)20-21-14-7-5-6-8-15(14)24(20)3/h5-10H,4H2,1-3H3,(H3,21,22,23,25,26)/p+1. The van der Waals surface area contributed by atoms with Gasteiger partial charge in [-0.3, -0.25) is 5.10 Å². The molecule has 0 atom stereocenters. The number of hydrogen-bond acceptors (Lipinski definition) is 3. The summed E-state index contributed by atoms with van der Waals surface area (Å²) in [5.41, 5.74) is 5.92. The maximum atomic E-state index is 10.4. The third-order valence-electron chi connectivity index (χ3n) is 4.87. The fourth-order valence-corrected chi connectivity index (χ4v) is 3.44. The summed E-state index contributed by atoms with van der Waals surface area (Å²) in [6.45, 7) is 3.92. The van der Waals surface area contributed by atoms with E-state index in [1.54, 1.807) is 6.07 Å². The van der Waals surface area contributed by atoms with Crippen LogP contribution in [0.5, 0.6) is 11.5 Å². The van der Waals surface area contributed by atoms with E-state index in [0.717, 1.165) is 33.7 Å². The molecule has 0 bridgehead atoms. The molecule has 0 fully saturated rings. The van der Waals surface area contributed by atoms with Crippen LogP contribution in [0.15, 0.2) is 36.4 Å². The van der Waals surface area contributed by atoms with Crippen molar-refractivity contribution in [2.45, 2.75) is 20.3 Å². The SMILES string of the molecule is CCc1cc(-c2n[nH]c(C)c2-c2[nH]c3ccccc3[n+]2C)c(O)cc1O. The predicted octanol–water partition coefficient (Wildman–Crippen LogP) is 3.33. The van der Waals surface area contributed by atoms with Crippen molar-refractivity contribution in [3.8, 4) is 34.1 Å². The van der Waals surface area contributed by atoms with Gasteiger partial charge in [-0.1, -0.05) is 19.1 Å². The summed E-state index contributed by atoms with van der Waals surface area (Å²) in [7, 11) is 2.00. The summed E-state index contributed by atoms with van der Waals surface area (Å²) in [6.07, 6.45) is 0.665. The van der Waals surface area contributed by atoms with Gasteiger partial charge in [0.1, 0.15) is 22.8 Å². The number of phenolic OH excluding ortho intramolecular Hbond substituents is 2. The van der Waals surface area contributed by atoms with Crippen LogP contribution in [0.2, 0.25) is 0 Å². The van der Waals surface area contributed by atoms with Crippen molar-refractivity contribution in [1.82, 2.24) is 15.2 Å². The normalized spacial score (nSPS) is 11.3. The van der Waals surface area contributed by atoms with Gasteiger partial charge in [-0.05, 0) is 37.1 Å². The van der Waals surface area contributed by atoms with Crippen LogP contribution in [-0.4, -0.2) is 25.4 Å². The van der Waals surface area contributed by atoms with Gasteiger partial charge >= 0.3 is 0 Å². The number of rotatable bonds is 3. The number of nitrogens with one attached hydrogen (secondary N) is 2. The van der Waals surface area contributed by atoms with Gasteiger partial charge in [0.05, 0.1) is 7.05 Å². The highest BCUT2D eigenvalue weighted by Crippen LogP contribution is 2.39. The van der Waals surface area contributed by atoms with Gasteiger partial charge in [0.15, 0.2) is 11.0 Å². The first-order valence-corrected chi connectivity index (χ1v) is 8.58. The van der Waals surface area contributed by atoms with Crippen LogP contribution < -0.4 is 4.57 Å². The zero-order valence-corrected chi connectivity index (χ0v) is 15.0. The fourth-order valence-electron chi connectivity index (χ4n) is 3.44. The number of para-hydroxylation sites is 2. The maximum absolute atomic E-state index is 10.4. The van der Waals surface area contributed by atoms with Crippen LogP contribution in [0.1, 0.15) is 18.2 Å². The Kier molecular flexibility index (Phi) is 3.68. The van der Waals surface area contributed by atoms with E-state index < -0.39 is 0 Å². The van der Waals surface area contributed by atoms with Crippen molar-refractivity contribution in [3.63, 3.8) is 0 Å². The largest absolute Gasteiger partial charge is 0.508 e. The Balaban J connectivity index is 1.98. The molecule has 0 spiro atoms. The smallest absolute Gasteiger partial charge is 0.291 e. The number of H-pyrrole nitrogens is 2. The number of aromatic nitrogens is 4. The minimum Gasteiger partial charge on any atom is -0.508 e. The molecule has 2 heterocycles. The third-order valence-corrected chi connectivity index (χ3v) is 4.87. The molecule has 132 valence electrons. The Morgan fingerprint density at radius 2 is 1.88 bits per heavy atom. The van der Waals surface area contributed by atoms with Crippen LogP contribution in [-0.2, 0) is 13.5 Å². The topological polar surface area (TPSA) is 88.8 Å². The lowest BCUT2D eigenvalue weighted by molar-refractivity contribution is -0.633. The summed E-state index contributed by atoms with van der Waals surface area (Å²) in [5.74, 6) is 1.00. The highest BCUT2D eigenvalue weighted by molar-refractivity contribution is 5.84. The molecular formula is C20H21N4O2+. The Bertz CT molecular complexity index is 1120.